The minimum Gasteiger partial charge on any atom is -0.310 e. The molecule has 0 spiro atoms. The average molecular weight is 242 g/mol. The van der Waals surface area contributed by atoms with Crippen molar-refractivity contribution in [1.82, 2.24) is 0 Å². The molecule has 92 valence electrons. The van der Waals surface area contributed by atoms with Gasteiger partial charge in [0.15, 0.2) is 0 Å². The van der Waals surface area contributed by atoms with E-state index in [1.54, 1.807) is 42.5 Å². The highest BCUT2D eigenvalue weighted by molar-refractivity contribution is 6.49. The molecule has 18 heavy (non-hydrogen) atoms. The second kappa shape index (κ2) is 4.68. The fourth-order valence-corrected chi connectivity index (χ4v) is 1.69. The number of allylic oxidation sites excluding steroid dienone is 2. The number of hydrogen-bond donors (Lipinski definition) is 2. The molecule has 0 unspecified atom stereocenters. The molecule has 0 atom stereocenters. The van der Waals surface area contributed by atoms with E-state index in [0.717, 1.165) is 0 Å². The first-order valence-electron chi connectivity index (χ1n) is 5.61. The normalized spacial score (nSPS) is 17.1. The fourth-order valence-electron chi connectivity index (χ4n) is 1.69. The number of nitrogens with two attached hydrogens (primary N) is 2. The van der Waals surface area contributed by atoms with Crippen molar-refractivity contribution < 1.29 is 9.59 Å². The standard InChI is InChI=1S/C14H14N2O2/c15-14(16)8-6-11(7-9-14)13(18)12(17)10-4-2-1-3-5-10/h1-8H,9,15-16H2. The Balaban J connectivity index is 2.17. The fraction of sp³-hybridized carbons (Fsp3) is 0.143. The summed E-state index contributed by atoms with van der Waals surface area (Å²) in [5.41, 5.74) is 11.2. The topological polar surface area (TPSA) is 86.2 Å². The van der Waals surface area contributed by atoms with Crippen LogP contribution in [0.3, 0.4) is 0 Å². The van der Waals surface area contributed by atoms with Gasteiger partial charge < -0.3 is 11.5 Å². The molecule has 0 amide bonds. The zero-order chi connectivity index (χ0) is 13.2. The third-order valence-corrected chi connectivity index (χ3v) is 2.75. The third kappa shape index (κ3) is 2.61. The summed E-state index contributed by atoms with van der Waals surface area (Å²) in [5.74, 6) is -1.05. The van der Waals surface area contributed by atoms with Gasteiger partial charge in [-0.25, -0.2) is 0 Å². The zero-order valence-electron chi connectivity index (χ0n) is 9.80. The lowest BCUT2D eigenvalue weighted by molar-refractivity contribution is -0.111. The maximum atomic E-state index is 12.0. The van der Waals surface area contributed by atoms with Crippen molar-refractivity contribution in [2.24, 2.45) is 11.5 Å². The van der Waals surface area contributed by atoms with Gasteiger partial charge in [-0.3, -0.25) is 9.59 Å². The maximum absolute atomic E-state index is 12.0. The highest BCUT2D eigenvalue weighted by Crippen LogP contribution is 2.16. The molecular weight excluding hydrogens is 228 g/mol. The Morgan fingerprint density at radius 3 is 2.28 bits per heavy atom. The van der Waals surface area contributed by atoms with Gasteiger partial charge in [0.2, 0.25) is 11.6 Å². The predicted octanol–water partition coefficient (Wildman–Crippen LogP) is 0.938. The summed E-state index contributed by atoms with van der Waals surface area (Å²) in [4.78, 5) is 23.9. The van der Waals surface area contributed by atoms with Crippen LogP contribution in [-0.4, -0.2) is 17.2 Å². The van der Waals surface area contributed by atoms with Crippen molar-refractivity contribution in [2.75, 3.05) is 0 Å². The molecule has 0 bridgehead atoms. The van der Waals surface area contributed by atoms with Crippen molar-refractivity contribution >= 4 is 11.6 Å². The van der Waals surface area contributed by atoms with Crippen molar-refractivity contribution in [2.45, 2.75) is 12.1 Å². The predicted molar refractivity (Wildman–Crippen MR) is 68.7 cm³/mol. The van der Waals surface area contributed by atoms with E-state index in [1.165, 1.54) is 6.08 Å². The van der Waals surface area contributed by atoms with Crippen LogP contribution >= 0.6 is 0 Å². The number of carbonyl (C=O) groups is 2. The molecule has 2 rings (SSSR count). The molecule has 1 aromatic carbocycles. The Bertz CT molecular complexity index is 542. The van der Waals surface area contributed by atoms with Gasteiger partial charge in [0.1, 0.15) is 0 Å². The van der Waals surface area contributed by atoms with E-state index in [0.29, 0.717) is 17.6 Å². The lowest BCUT2D eigenvalue weighted by Gasteiger charge is -2.21. The van der Waals surface area contributed by atoms with E-state index in [-0.39, 0.29) is 0 Å². The number of hydrogen-bond acceptors (Lipinski definition) is 4. The van der Waals surface area contributed by atoms with Crippen LogP contribution in [0.25, 0.3) is 0 Å². The molecule has 1 aromatic rings. The van der Waals surface area contributed by atoms with E-state index in [4.69, 9.17) is 11.5 Å². The van der Waals surface area contributed by atoms with Gasteiger partial charge in [0.25, 0.3) is 0 Å². The van der Waals surface area contributed by atoms with Crippen LogP contribution in [0.15, 0.2) is 54.1 Å². The second-order valence-corrected chi connectivity index (χ2v) is 4.33. The smallest absolute Gasteiger partial charge is 0.233 e. The maximum Gasteiger partial charge on any atom is 0.233 e. The van der Waals surface area contributed by atoms with Crippen LogP contribution in [0.2, 0.25) is 0 Å². The molecule has 4 heteroatoms. The quantitative estimate of drug-likeness (QED) is 0.469. The SMILES string of the molecule is NC1(N)C=CC(C(=O)C(=O)c2ccccc2)=CC1. The number of benzene rings is 1. The van der Waals surface area contributed by atoms with Crippen molar-refractivity contribution in [3.05, 3.63) is 59.7 Å². The molecule has 0 aromatic heterocycles. The molecule has 0 radical (unpaired) electrons. The van der Waals surface area contributed by atoms with Gasteiger partial charge in [0, 0.05) is 17.6 Å². The van der Waals surface area contributed by atoms with E-state index in [9.17, 15) is 9.59 Å². The third-order valence-electron chi connectivity index (χ3n) is 2.75. The van der Waals surface area contributed by atoms with Crippen LogP contribution < -0.4 is 11.5 Å². The number of ketones is 2. The average Bonchev–Trinajstić information content (AvgIpc) is 2.38. The van der Waals surface area contributed by atoms with Crippen molar-refractivity contribution in [3.8, 4) is 0 Å². The van der Waals surface area contributed by atoms with Crippen LogP contribution in [0, 0.1) is 0 Å². The Labute approximate surface area is 105 Å². The lowest BCUT2D eigenvalue weighted by Crippen LogP contribution is -2.47. The Hall–Kier alpha value is -2.04. The Morgan fingerprint density at radius 1 is 1.06 bits per heavy atom. The van der Waals surface area contributed by atoms with Gasteiger partial charge in [-0.1, -0.05) is 42.5 Å². The van der Waals surface area contributed by atoms with Crippen LogP contribution in [-0.2, 0) is 4.79 Å². The first-order chi connectivity index (χ1) is 8.49. The first-order valence-corrected chi connectivity index (χ1v) is 5.61. The summed E-state index contributed by atoms with van der Waals surface area (Å²) < 4.78 is 0. The zero-order valence-corrected chi connectivity index (χ0v) is 9.80. The molecule has 0 saturated heterocycles. The number of rotatable bonds is 3. The minimum absolute atomic E-state index is 0.340. The first kappa shape index (κ1) is 12.4. The molecule has 1 aliphatic carbocycles. The van der Waals surface area contributed by atoms with E-state index < -0.39 is 17.2 Å². The molecule has 4 nitrogen and oxygen atoms in total. The summed E-state index contributed by atoms with van der Waals surface area (Å²) in [7, 11) is 0. The molecule has 0 fully saturated rings. The van der Waals surface area contributed by atoms with Crippen LogP contribution in [0.5, 0.6) is 0 Å². The Kier molecular flexibility index (Phi) is 3.23. The van der Waals surface area contributed by atoms with Gasteiger partial charge >= 0.3 is 0 Å². The van der Waals surface area contributed by atoms with Gasteiger partial charge in [-0.15, -0.1) is 0 Å². The monoisotopic (exact) mass is 242 g/mol. The summed E-state index contributed by atoms with van der Waals surface area (Å²) in [6, 6.07) is 8.46. The number of Topliss-reactive ketones (excluding diaryl/α,β-unsaturated/α-hetero) is 2. The van der Waals surface area contributed by atoms with Crippen molar-refractivity contribution in [3.63, 3.8) is 0 Å². The number of carbonyl (C=O) groups excluding carboxylic acids is 2. The summed E-state index contributed by atoms with van der Waals surface area (Å²) in [5, 5.41) is 0. The molecule has 4 N–H and O–H groups in total. The van der Waals surface area contributed by atoms with Crippen LogP contribution in [0.1, 0.15) is 16.8 Å². The van der Waals surface area contributed by atoms with Gasteiger partial charge in [0.05, 0.1) is 5.66 Å². The molecule has 0 aliphatic heterocycles. The summed E-state index contributed by atoms with van der Waals surface area (Å²) in [6.07, 6.45) is 4.99. The minimum atomic E-state index is -0.931. The largest absolute Gasteiger partial charge is 0.310 e. The molecule has 0 heterocycles. The van der Waals surface area contributed by atoms with E-state index in [2.05, 4.69) is 0 Å². The second-order valence-electron chi connectivity index (χ2n) is 4.33. The van der Waals surface area contributed by atoms with E-state index in [1.807, 2.05) is 0 Å². The van der Waals surface area contributed by atoms with Gasteiger partial charge in [-0.2, -0.15) is 0 Å². The highest BCUT2D eigenvalue weighted by Gasteiger charge is 2.24. The highest BCUT2D eigenvalue weighted by atomic mass is 16.2. The summed E-state index contributed by atoms with van der Waals surface area (Å²) in [6.45, 7) is 0. The molecule has 1 aliphatic rings. The lowest BCUT2D eigenvalue weighted by atomic mass is 9.93. The van der Waals surface area contributed by atoms with Crippen molar-refractivity contribution in [1.29, 1.82) is 0 Å². The Morgan fingerprint density at radius 2 is 1.72 bits per heavy atom. The van der Waals surface area contributed by atoms with E-state index >= 15 is 0 Å². The summed E-state index contributed by atoms with van der Waals surface area (Å²) >= 11 is 0. The molecule has 0 saturated carbocycles. The van der Waals surface area contributed by atoms with Gasteiger partial charge in [-0.05, 0) is 6.08 Å². The molecular formula is C14H14N2O2. The van der Waals surface area contributed by atoms with Crippen LogP contribution in [0.4, 0.5) is 0 Å².